The molecule has 0 unspecified atom stereocenters. The summed E-state index contributed by atoms with van der Waals surface area (Å²) < 4.78 is 6.78. The van der Waals surface area contributed by atoms with E-state index in [1.165, 1.54) is 18.2 Å². The van der Waals surface area contributed by atoms with E-state index in [9.17, 15) is 14.9 Å². The molecule has 1 amide bonds. The highest BCUT2D eigenvalue weighted by atomic mass is 16.5. The normalized spacial score (nSPS) is 11.1. The van der Waals surface area contributed by atoms with Crippen LogP contribution in [0.1, 0.15) is 38.4 Å². The number of rotatable bonds is 5. The lowest BCUT2D eigenvalue weighted by molar-refractivity contribution is -0.112. The van der Waals surface area contributed by atoms with E-state index in [0.29, 0.717) is 11.3 Å². The lowest BCUT2D eigenvalue weighted by Gasteiger charge is -2.12. The van der Waals surface area contributed by atoms with Crippen LogP contribution in [0.2, 0.25) is 0 Å². The van der Waals surface area contributed by atoms with Crippen molar-refractivity contribution in [2.24, 2.45) is 0 Å². The number of aryl methyl sites for hydroxylation is 3. The molecule has 1 N–H and O–H groups in total. The number of hydrogen-bond acceptors (Lipinski definition) is 4. The highest BCUT2D eigenvalue weighted by Crippen LogP contribution is 2.24. The van der Waals surface area contributed by atoms with Gasteiger partial charge in [0.25, 0.3) is 5.91 Å². The molecule has 0 aliphatic heterocycles. The van der Waals surface area contributed by atoms with Crippen LogP contribution in [0.5, 0.6) is 0 Å². The molecule has 0 saturated heterocycles. The van der Waals surface area contributed by atoms with E-state index in [0.717, 1.165) is 22.6 Å². The zero-order valence-corrected chi connectivity index (χ0v) is 18.8. The Morgan fingerprint density at radius 1 is 1.00 bits per heavy atom. The fourth-order valence-corrected chi connectivity index (χ4v) is 3.72. The Hall–Kier alpha value is -4.11. The third-order valence-corrected chi connectivity index (χ3v) is 5.16. The monoisotopic (exact) mass is 427 g/mol. The van der Waals surface area contributed by atoms with E-state index in [1.807, 2.05) is 26.0 Å². The molecule has 0 aliphatic rings. The highest BCUT2D eigenvalue weighted by molar-refractivity contribution is 6.09. The zero-order valence-electron chi connectivity index (χ0n) is 18.8. The summed E-state index contributed by atoms with van der Waals surface area (Å²) in [7, 11) is 1.30. The number of methoxy groups -OCH3 is 1. The number of anilines is 1. The number of hydrogen-bond donors (Lipinski definition) is 1. The molecule has 6 nitrogen and oxygen atoms in total. The average Bonchev–Trinajstić information content (AvgIpc) is 3.03. The number of carbonyl (C=O) groups excluding carboxylic acids is 2. The molecule has 0 fully saturated rings. The molecule has 1 heterocycles. The van der Waals surface area contributed by atoms with Gasteiger partial charge >= 0.3 is 5.97 Å². The molecule has 2 aromatic carbocycles. The van der Waals surface area contributed by atoms with Crippen molar-refractivity contribution in [1.82, 2.24) is 4.57 Å². The Balaban J connectivity index is 1.88. The number of nitrogens with zero attached hydrogens (tertiary/aromatic N) is 2. The van der Waals surface area contributed by atoms with Gasteiger partial charge in [-0.3, -0.25) is 4.79 Å². The topological polar surface area (TPSA) is 84.1 Å². The first-order valence-corrected chi connectivity index (χ1v) is 10.1. The Morgan fingerprint density at radius 2 is 1.62 bits per heavy atom. The minimum absolute atomic E-state index is 0.0114. The number of amides is 1. The van der Waals surface area contributed by atoms with Gasteiger partial charge in [-0.05, 0) is 92.9 Å². The standard InChI is InChI=1S/C26H25N3O3/c1-16-10-17(2)12-24(11-16)29-18(3)13-21(19(29)4)14-22(15-27)25(30)28-23-8-6-20(7-9-23)26(31)32-5/h6-14H,1-5H3,(H,28,30)/b22-14-. The van der Waals surface area contributed by atoms with E-state index in [-0.39, 0.29) is 5.57 Å². The summed E-state index contributed by atoms with van der Waals surface area (Å²) in [4.78, 5) is 24.2. The summed E-state index contributed by atoms with van der Waals surface area (Å²) in [5.74, 6) is -0.978. The van der Waals surface area contributed by atoms with Gasteiger partial charge in [0.1, 0.15) is 11.6 Å². The lowest BCUT2D eigenvalue weighted by atomic mass is 10.1. The molecule has 162 valence electrons. The van der Waals surface area contributed by atoms with Crippen LogP contribution in [0.25, 0.3) is 11.8 Å². The quantitative estimate of drug-likeness (QED) is 0.351. The van der Waals surface area contributed by atoms with Gasteiger partial charge in [0.05, 0.1) is 12.7 Å². The van der Waals surface area contributed by atoms with Crippen LogP contribution in [-0.2, 0) is 9.53 Å². The van der Waals surface area contributed by atoms with Gasteiger partial charge in [-0.1, -0.05) is 6.07 Å². The molecule has 3 aromatic rings. The average molecular weight is 428 g/mol. The molecular weight excluding hydrogens is 402 g/mol. The van der Waals surface area contributed by atoms with Crippen LogP contribution < -0.4 is 5.32 Å². The highest BCUT2D eigenvalue weighted by Gasteiger charge is 2.15. The molecule has 1 aromatic heterocycles. The molecule has 0 bridgehead atoms. The molecule has 0 radical (unpaired) electrons. The van der Waals surface area contributed by atoms with Crippen molar-refractivity contribution < 1.29 is 14.3 Å². The van der Waals surface area contributed by atoms with Crippen LogP contribution in [-0.4, -0.2) is 23.6 Å². The van der Waals surface area contributed by atoms with Crippen molar-refractivity contribution >= 4 is 23.6 Å². The molecule has 0 atom stereocenters. The first kappa shape index (κ1) is 22.6. The number of nitriles is 1. The van der Waals surface area contributed by atoms with Gasteiger partial charge in [-0.25, -0.2) is 4.79 Å². The second-order valence-electron chi connectivity index (χ2n) is 7.70. The second kappa shape index (κ2) is 9.36. The maximum absolute atomic E-state index is 12.7. The smallest absolute Gasteiger partial charge is 0.337 e. The van der Waals surface area contributed by atoms with Crippen LogP contribution in [0, 0.1) is 39.0 Å². The van der Waals surface area contributed by atoms with Crippen LogP contribution in [0.4, 0.5) is 5.69 Å². The summed E-state index contributed by atoms with van der Waals surface area (Å²) in [6.45, 7) is 8.08. The van der Waals surface area contributed by atoms with Crippen molar-refractivity contribution in [3.63, 3.8) is 0 Å². The van der Waals surface area contributed by atoms with Gasteiger partial charge in [-0.2, -0.15) is 5.26 Å². The predicted molar refractivity (Wildman–Crippen MR) is 125 cm³/mol. The summed E-state index contributed by atoms with van der Waals surface area (Å²) in [6, 6.07) is 16.6. The van der Waals surface area contributed by atoms with E-state index in [1.54, 1.807) is 30.3 Å². The van der Waals surface area contributed by atoms with Crippen LogP contribution in [0.15, 0.2) is 54.1 Å². The SMILES string of the molecule is COC(=O)c1ccc(NC(=O)/C(C#N)=C\c2cc(C)n(-c3cc(C)cc(C)c3)c2C)cc1. The molecular formula is C26H25N3O3. The lowest BCUT2D eigenvalue weighted by Crippen LogP contribution is -2.13. The summed E-state index contributed by atoms with van der Waals surface area (Å²) >= 11 is 0. The van der Waals surface area contributed by atoms with Crippen molar-refractivity contribution in [2.45, 2.75) is 27.7 Å². The van der Waals surface area contributed by atoms with E-state index < -0.39 is 11.9 Å². The Kier molecular flexibility index (Phi) is 6.60. The van der Waals surface area contributed by atoms with Crippen molar-refractivity contribution in [1.29, 1.82) is 5.26 Å². The molecule has 0 aliphatic carbocycles. The van der Waals surface area contributed by atoms with Crippen molar-refractivity contribution in [3.8, 4) is 11.8 Å². The Bertz CT molecular complexity index is 1240. The van der Waals surface area contributed by atoms with Crippen LogP contribution in [0.3, 0.4) is 0 Å². The van der Waals surface area contributed by atoms with E-state index in [4.69, 9.17) is 0 Å². The van der Waals surface area contributed by atoms with Gasteiger partial charge < -0.3 is 14.6 Å². The van der Waals surface area contributed by atoms with Gasteiger partial charge in [-0.15, -0.1) is 0 Å². The largest absolute Gasteiger partial charge is 0.465 e. The number of benzene rings is 2. The Labute approximate surface area is 187 Å². The summed E-state index contributed by atoms with van der Waals surface area (Å²) in [5, 5.41) is 12.3. The number of carbonyl (C=O) groups is 2. The third-order valence-electron chi connectivity index (χ3n) is 5.16. The Morgan fingerprint density at radius 3 is 2.19 bits per heavy atom. The molecule has 0 spiro atoms. The number of aromatic nitrogens is 1. The van der Waals surface area contributed by atoms with Crippen molar-refractivity contribution in [3.05, 3.63) is 87.7 Å². The van der Waals surface area contributed by atoms with E-state index >= 15 is 0 Å². The third kappa shape index (κ3) is 4.79. The van der Waals surface area contributed by atoms with Gasteiger partial charge in [0.15, 0.2) is 0 Å². The summed E-state index contributed by atoms with van der Waals surface area (Å²) in [6.07, 6.45) is 1.60. The zero-order chi connectivity index (χ0) is 23.4. The minimum Gasteiger partial charge on any atom is -0.465 e. The minimum atomic E-state index is -0.519. The number of esters is 1. The predicted octanol–water partition coefficient (Wildman–Crippen LogP) is 5.04. The van der Waals surface area contributed by atoms with Gasteiger partial charge in [0, 0.05) is 22.8 Å². The van der Waals surface area contributed by atoms with Crippen molar-refractivity contribution in [2.75, 3.05) is 12.4 Å². The number of nitrogens with one attached hydrogen (secondary N) is 1. The van der Waals surface area contributed by atoms with Crippen LogP contribution >= 0.6 is 0 Å². The fraction of sp³-hybridized carbons (Fsp3) is 0.192. The molecule has 0 saturated carbocycles. The van der Waals surface area contributed by atoms with Gasteiger partial charge in [0.2, 0.25) is 0 Å². The second-order valence-corrected chi connectivity index (χ2v) is 7.70. The molecule has 3 rings (SSSR count). The summed E-state index contributed by atoms with van der Waals surface area (Å²) in [5.41, 5.74) is 6.97. The van der Waals surface area contributed by atoms with E-state index in [2.05, 4.69) is 46.7 Å². The maximum atomic E-state index is 12.7. The first-order chi connectivity index (χ1) is 15.2. The fourth-order valence-electron chi connectivity index (χ4n) is 3.72. The molecule has 6 heteroatoms. The number of ether oxygens (including phenoxy) is 1. The molecule has 32 heavy (non-hydrogen) atoms. The maximum Gasteiger partial charge on any atom is 0.337 e. The first-order valence-electron chi connectivity index (χ1n) is 10.1.